The van der Waals surface area contributed by atoms with E-state index in [-0.39, 0.29) is 53.2 Å². The van der Waals surface area contributed by atoms with Gasteiger partial charge in [-0.15, -0.1) is 0 Å². The molecule has 3 saturated carbocycles. The molecule has 2 aromatic heterocycles. The number of benzene rings is 2. The van der Waals surface area contributed by atoms with Gasteiger partial charge in [0.15, 0.2) is 11.5 Å². The Labute approximate surface area is 291 Å². The highest BCUT2D eigenvalue weighted by atomic mass is 35.5. The van der Waals surface area contributed by atoms with Crippen LogP contribution in [0.5, 0.6) is 0 Å². The third-order valence-electron chi connectivity index (χ3n) is 11.4. The first-order valence-corrected chi connectivity index (χ1v) is 17.7. The monoisotopic (exact) mass is 711 g/mol. The second-order valence-corrected chi connectivity index (χ2v) is 15.2. The number of piperidine rings is 1. The summed E-state index contributed by atoms with van der Waals surface area (Å²) in [5, 5.41) is 14.2. The zero-order chi connectivity index (χ0) is 34.4. The van der Waals surface area contributed by atoms with E-state index in [0.717, 1.165) is 12.0 Å². The largest absolute Gasteiger partial charge is 0.356 e. The number of alkyl halides is 3. The van der Waals surface area contributed by atoms with E-state index in [1.807, 2.05) is 0 Å². The van der Waals surface area contributed by atoms with Gasteiger partial charge in [0.2, 0.25) is 6.43 Å². The van der Waals surface area contributed by atoms with Crippen LogP contribution in [0.4, 0.5) is 17.6 Å². The van der Waals surface area contributed by atoms with Crippen molar-refractivity contribution in [1.82, 2.24) is 20.2 Å². The summed E-state index contributed by atoms with van der Waals surface area (Å²) in [6.45, 7) is 3.03. The molecule has 2 aromatic carbocycles. The highest BCUT2D eigenvalue weighted by Crippen LogP contribution is 2.57. The SMILES string of the molecule is C1NC2CC1C2.Cc1nc2c(F)c(-c3cccc(Cl)c3Cl)c(CCC#N)cc2c2[nH]c(C3C4CC(CC4C(F)F)N3C(=O)C3(F)CC3)cc12. The molecular weight excluding hydrogens is 677 g/mol. The summed E-state index contributed by atoms with van der Waals surface area (Å²) in [5.74, 6) is -1.63. The minimum atomic E-state index is -2.56. The fourth-order valence-corrected chi connectivity index (χ4v) is 9.14. The fraction of sp³-hybridized carbons (Fsp3) is 0.486. The molecule has 3 aliphatic carbocycles. The van der Waals surface area contributed by atoms with E-state index in [0.29, 0.717) is 45.2 Å². The highest BCUT2D eigenvalue weighted by molar-refractivity contribution is 6.43. The Balaban J connectivity index is 0.000000518. The third-order valence-corrected chi connectivity index (χ3v) is 12.3. The maximum absolute atomic E-state index is 16.5. The van der Waals surface area contributed by atoms with Crippen LogP contribution in [0, 0.1) is 41.8 Å². The van der Waals surface area contributed by atoms with E-state index in [9.17, 15) is 18.8 Å². The van der Waals surface area contributed by atoms with Gasteiger partial charge in [-0.25, -0.2) is 22.5 Å². The number of rotatable bonds is 6. The van der Waals surface area contributed by atoms with Crippen LogP contribution in [-0.2, 0) is 11.2 Å². The summed E-state index contributed by atoms with van der Waals surface area (Å²) in [6.07, 6.45) is 1.53. The Hall–Kier alpha value is -3.39. The molecule has 5 heterocycles. The first kappa shape index (κ1) is 32.8. The minimum Gasteiger partial charge on any atom is -0.356 e. The van der Waals surface area contributed by atoms with Gasteiger partial charge in [-0.05, 0) is 94.0 Å². The molecule has 6 fully saturated rings. The molecule has 1 amide bonds. The number of carbonyl (C=O) groups excluding carboxylic acids is 1. The van der Waals surface area contributed by atoms with Gasteiger partial charge in [0.05, 0.1) is 27.7 Å². The van der Waals surface area contributed by atoms with Crippen molar-refractivity contribution in [3.05, 3.63) is 63.1 Å². The van der Waals surface area contributed by atoms with Crippen LogP contribution in [0.25, 0.3) is 32.9 Å². The molecule has 49 heavy (non-hydrogen) atoms. The first-order chi connectivity index (χ1) is 23.5. The molecule has 2 N–H and O–H groups in total. The second-order valence-electron chi connectivity index (χ2n) is 14.4. The van der Waals surface area contributed by atoms with Gasteiger partial charge in [-0.2, -0.15) is 5.26 Å². The van der Waals surface area contributed by atoms with Crippen molar-refractivity contribution in [1.29, 1.82) is 5.26 Å². The van der Waals surface area contributed by atoms with E-state index in [4.69, 9.17) is 23.2 Å². The fourth-order valence-electron chi connectivity index (χ4n) is 8.75. The molecule has 256 valence electrons. The van der Waals surface area contributed by atoms with Crippen LogP contribution < -0.4 is 5.32 Å². The van der Waals surface area contributed by atoms with E-state index in [1.54, 1.807) is 37.3 Å². The van der Waals surface area contributed by atoms with Crippen LogP contribution in [0.15, 0.2) is 30.3 Å². The molecule has 4 unspecified atom stereocenters. The Kier molecular flexibility index (Phi) is 8.12. The van der Waals surface area contributed by atoms with Crippen molar-refractivity contribution >= 4 is 50.9 Å². The predicted octanol–water partition coefficient (Wildman–Crippen LogP) is 9.01. The Morgan fingerprint density at radius 2 is 1.94 bits per heavy atom. The number of aromatic nitrogens is 2. The number of likely N-dealkylation sites (tertiary alicyclic amines) is 1. The molecular formula is C37H35Cl2F4N5O. The number of hydrogen-bond donors (Lipinski definition) is 2. The highest BCUT2D eigenvalue weighted by Gasteiger charge is 2.62. The van der Waals surface area contributed by atoms with Crippen molar-refractivity contribution in [2.24, 2.45) is 17.8 Å². The minimum absolute atomic E-state index is 0.0668. The summed E-state index contributed by atoms with van der Waals surface area (Å²) in [5.41, 5.74) is 0.771. The van der Waals surface area contributed by atoms with Gasteiger partial charge in [0.1, 0.15) is 5.52 Å². The lowest BCUT2D eigenvalue weighted by Gasteiger charge is -2.39. The van der Waals surface area contributed by atoms with E-state index >= 15 is 8.78 Å². The number of nitrogens with zero attached hydrogens (tertiary/aromatic N) is 3. The number of nitrogens with one attached hydrogen (secondary N) is 2. The average Bonchev–Trinajstić information content (AvgIpc) is 3.69. The predicted molar refractivity (Wildman–Crippen MR) is 181 cm³/mol. The normalized spacial score (nSPS) is 27.4. The summed E-state index contributed by atoms with van der Waals surface area (Å²) in [4.78, 5) is 22.8. The van der Waals surface area contributed by atoms with Gasteiger partial charge in [0, 0.05) is 57.7 Å². The van der Waals surface area contributed by atoms with Crippen molar-refractivity contribution in [3.63, 3.8) is 0 Å². The first-order valence-electron chi connectivity index (χ1n) is 17.0. The van der Waals surface area contributed by atoms with Gasteiger partial charge in [-0.1, -0.05) is 35.3 Å². The van der Waals surface area contributed by atoms with E-state index < -0.39 is 47.7 Å². The van der Waals surface area contributed by atoms with Crippen LogP contribution >= 0.6 is 23.2 Å². The maximum atomic E-state index is 16.5. The lowest BCUT2D eigenvalue weighted by Crippen LogP contribution is -2.47. The molecule has 0 spiro atoms. The summed E-state index contributed by atoms with van der Waals surface area (Å²) in [6, 6.07) is 10.3. The van der Waals surface area contributed by atoms with Gasteiger partial charge in [0.25, 0.3) is 5.91 Å². The number of aromatic amines is 1. The summed E-state index contributed by atoms with van der Waals surface area (Å²) in [7, 11) is 0. The maximum Gasteiger partial charge on any atom is 0.261 e. The molecule has 4 bridgehead atoms. The quantitative estimate of drug-likeness (QED) is 0.196. The number of halogens is 6. The lowest BCUT2D eigenvalue weighted by molar-refractivity contribution is -0.145. The number of carbonyl (C=O) groups is 1. The molecule has 6 aliphatic rings. The zero-order valence-electron chi connectivity index (χ0n) is 26.8. The standard InChI is InChI=1S/C32H26Cl2F4N4O.C5H9N/c1-14-18-13-23(29-19-11-16(12-20(19)30(36)37)42(29)31(43)32(38)7-8-32)41-27(18)21-10-15(4-3-9-39)24(26(35)28(21)40-14)17-5-2-6-22(33)25(17)34;1-4-2-5(1)6-3-4/h2,5-6,10,13,16,19-20,29-30,41H,3-4,7-8,11-12H2,1H3;4-6H,1-3H2. The van der Waals surface area contributed by atoms with Gasteiger partial charge < -0.3 is 15.2 Å². The Morgan fingerprint density at radius 1 is 1.16 bits per heavy atom. The zero-order valence-corrected chi connectivity index (χ0v) is 28.3. The van der Waals surface area contributed by atoms with Gasteiger partial charge >= 0.3 is 0 Å². The topological polar surface area (TPSA) is 84.8 Å². The van der Waals surface area contributed by atoms with Gasteiger partial charge in [-0.3, -0.25) is 4.79 Å². The molecule has 3 aliphatic heterocycles. The number of hydrogen-bond acceptors (Lipinski definition) is 4. The molecule has 4 aromatic rings. The Bertz CT molecular complexity index is 2020. The smallest absolute Gasteiger partial charge is 0.261 e. The average molecular weight is 713 g/mol. The number of fused-ring (bicyclic) bond motifs is 6. The molecule has 0 radical (unpaired) electrons. The molecule has 4 atom stereocenters. The lowest BCUT2D eigenvalue weighted by atomic mass is 9.86. The molecule has 3 saturated heterocycles. The van der Waals surface area contributed by atoms with Crippen molar-refractivity contribution in [2.45, 2.75) is 88.5 Å². The Morgan fingerprint density at radius 3 is 2.57 bits per heavy atom. The number of pyridine rings is 1. The summed E-state index contributed by atoms with van der Waals surface area (Å²) < 4.78 is 59.7. The van der Waals surface area contributed by atoms with Crippen LogP contribution in [0.2, 0.25) is 10.0 Å². The second kappa shape index (κ2) is 12.1. The number of nitriles is 1. The number of amides is 1. The van der Waals surface area contributed by atoms with E-state index in [2.05, 4.69) is 21.4 Å². The van der Waals surface area contributed by atoms with Crippen molar-refractivity contribution < 1.29 is 22.4 Å². The molecule has 10 rings (SSSR count). The number of H-pyrrole nitrogens is 1. The van der Waals surface area contributed by atoms with E-state index in [1.165, 1.54) is 24.3 Å². The summed E-state index contributed by atoms with van der Waals surface area (Å²) >= 11 is 12.8. The van der Waals surface area contributed by atoms with Crippen molar-refractivity contribution in [3.8, 4) is 17.2 Å². The third kappa shape index (κ3) is 5.39. The van der Waals surface area contributed by atoms with Crippen LogP contribution in [0.1, 0.15) is 67.9 Å². The number of aryl methyl sites for hydroxylation is 2. The molecule has 6 nitrogen and oxygen atoms in total. The van der Waals surface area contributed by atoms with Crippen molar-refractivity contribution in [2.75, 3.05) is 6.54 Å². The molecule has 12 heteroatoms. The van der Waals surface area contributed by atoms with Crippen LogP contribution in [-0.4, -0.2) is 51.5 Å². The van der Waals surface area contributed by atoms with Crippen LogP contribution in [0.3, 0.4) is 0 Å².